The van der Waals surface area contributed by atoms with Crippen LogP contribution >= 0.6 is 12.2 Å². The van der Waals surface area contributed by atoms with Gasteiger partial charge in [-0.15, -0.1) is 0 Å². The van der Waals surface area contributed by atoms with Crippen molar-refractivity contribution in [1.29, 1.82) is 0 Å². The second-order valence-electron chi connectivity index (χ2n) is 5.11. The average molecular weight is 272 g/mol. The van der Waals surface area contributed by atoms with Crippen LogP contribution in [0.15, 0.2) is 36.9 Å². The number of H-pyrrole nitrogens is 1. The molecule has 0 aliphatic heterocycles. The van der Waals surface area contributed by atoms with E-state index in [1.807, 2.05) is 10.8 Å². The van der Waals surface area contributed by atoms with E-state index >= 15 is 0 Å². The molecule has 0 saturated carbocycles. The van der Waals surface area contributed by atoms with Crippen LogP contribution in [-0.4, -0.2) is 19.1 Å². The molecule has 0 bridgehead atoms. The zero-order valence-corrected chi connectivity index (χ0v) is 11.8. The van der Waals surface area contributed by atoms with E-state index in [0.717, 1.165) is 28.0 Å². The monoisotopic (exact) mass is 272 g/mol. The van der Waals surface area contributed by atoms with Crippen molar-refractivity contribution in [2.45, 2.75) is 20.4 Å². The van der Waals surface area contributed by atoms with Crippen LogP contribution in [0.3, 0.4) is 0 Å². The number of aromatic nitrogens is 4. The Morgan fingerprint density at radius 2 is 2.21 bits per heavy atom. The molecule has 0 radical (unpaired) electrons. The fourth-order valence-corrected chi connectivity index (χ4v) is 2.54. The molecular formula is C14H16N4S. The molecule has 0 unspecified atom stereocenters. The maximum absolute atomic E-state index is 5.40. The SMILES string of the molecule is CC(C)Cn1c(=S)[nH]c2ccc(-n3ccnc3)cc21. The molecule has 2 heterocycles. The molecule has 0 saturated heterocycles. The van der Waals surface area contributed by atoms with Gasteiger partial charge in [0.05, 0.1) is 17.4 Å². The van der Waals surface area contributed by atoms with Gasteiger partial charge in [0.2, 0.25) is 0 Å². The van der Waals surface area contributed by atoms with Gasteiger partial charge in [-0.3, -0.25) is 0 Å². The summed E-state index contributed by atoms with van der Waals surface area (Å²) in [5, 5.41) is 0. The predicted molar refractivity (Wildman–Crippen MR) is 79.1 cm³/mol. The summed E-state index contributed by atoms with van der Waals surface area (Å²) in [4.78, 5) is 7.34. The van der Waals surface area contributed by atoms with Crippen LogP contribution in [0.25, 0.3) is 16.7 Å². The zero-order valence-electron chi connectivity index (χ0n) is 11.0. The van der Waals surface area contributed by atoms with Gasteiger partial charge in [-0.2, -0.15) is 0 Å². The summed E-state index contributed by atoms with van der Waals surface area (Å²) in [7, 11) is 0. The van der Waals surface area contributed by atoms with Crippen LogP contribution in [0.1, 0.15) is 13.8 Å². The molecule has 5 heteroatoms. The van der Waals surface area contributed by atoms with Gasteiger partial charge >= 0.3 is 0 Å². The molecule has 2 aromatic heterocycles. The van der Waals surface area contributed by atoms with Crippen LogP contribution in [0, 0.1) is 10.7 Å². The Morgan fingerprint density at radius 1 is 1.37 bits per heavy atom. The van der Waals surface area contributed by atoms with Crippen molar-refractivity contribution in [1.82, 2.24) is 19.1 Å². The maximum atomic E-state index is 5.40. The van der Waals surface area contributed by atoms with Crippen molar-refractivity contribution < 1.29 is 0 Å². The van der Waals surface area contributed by atoms with E-state index in [-0.39, 0.29) is 0 Å². The second-order valence-corrected chi connectivity index (χ2v) is 5.49. The third-order valence-corrected chi connectivity index (χ3v) is 3.43. The van der Waals surface area contributed by atoms with Gasteiger partial charge in [-0.25, -0.2) is 4.98 Å². The van der Waals surface area contributed by atoms with E-state index in [4.69, 9.17) is 12.2 Å². The molecule has 3 aromatic rings. The van der Waals surface area contributed by atoms with Crippen molar-refractivity contribution in [2.24, 2.45) is 5.92 Å². The summed E-state index contributed by atoms with van der Waals surface area (Å²) in [5.41, 5.74) is 3.32. The lowest BCUT2D eigenvalue weighted by Crippen LogP contribution is -2.04. The van der Waals surface area contributed by atoms with E-state index in [1.54, 1.807) is 12.5 Å². The number of hydrogen-bond acceptors (Lipinski definition) is 2. The van der Waals surface area contributed by atoms with Crippen molar-refractivity contribution in [3.05, 3.63) is 41.7 Å². The molecule has 0 aliphatic carbocycles. The van der Waals surface area contributed by atoms with Gasteiger partial charge in [0.1, 0.15) is 0 Å². The number of nitrogens with one attached hydrogen (secondary N) is 1. The minimum atomic E-state index is 0.558. The maximum Gasteiger partial charge on any atom is 0.178 e. The second kappa shape index (κ2) is 4.66. The van der Waals surface area contributed by atoms with Crippen molar-refractivity contribution in [3.8, 4) is 5.69 Å². The van der Waals surface area contributed by atoms with Gasteiger partial charge in [-0.05, 0) is 36.3 Å². The number of aromatic amines is 1. The minimum absolute atomic E-state index is 0.558. The van der Waals surface area contributed by atoms with Gasteiger partial charge in [0, 0.05) is 24.6 Å². The Morgan fingerprint density at radius 3 is 2.89 bits per heavy atom. The van der Waals surface area contributed by atoms with E-state index in [1.165, 1.54) is 0 Å². The lowest BCUT2D eigenvalue weighted by molar-refractivity contribution is 0.529. The van der Waals surface area contributed by atoms with E-state index in [2.05, 4.69) is 46.6 Å². The standard InChI is InChI=1S/C14H16N4S/c1-10(2)8-18-13-7-11(17-6-5-15-9-17)3-4-12(13)16-14(18)19/h3-7,9-10H,8H2,1-2H3,(H,16,19). The number of imidazole rings is 2. The van der Waals surface area contributed by atoms with Crippen molar-refractivity contribution in [3.63, 3.8) is 0 Å². The molecule has 98 valence electrons. The first-order valence-corrected chi connectivity index (χ1v) is 6.77. The summed E-state index contributed by atoms with van der Waals surface area (Å²) in [6.45, 7) is 5.31. The molecule has 1 aromatic carbocycles. The fourth-order valence-electron chi connectivity index (χ4n) is 2.26. The zero-order chi connectivity index (χ0) is 13.4. The Balaban J connectivity index is 2.18. The first-order chi connectivity index (χ1) is 9.15. The number of rotatable bonds is 3. The van der Waals surface area contributed by atoms with E-state index in [9.17, 15) is 0 Å². The Bertz CT molecular complexity index is 749. The third-order valence-electron chi connectivity index (χ3n) is 3.11. The summed E-state index contributed by atoms with van der Waals surface area (Å²) >= 11 is 5.40. The molecule has 19 heavy (non-hydrogen) atoms. The van der Waals surface area contributed by atoms with Gasteiger partial charge in [-0.1, -0.05) is 13.8 Å². The highest BCUT2D eigenvalue weighted by molar-refractivity contribution is 7.71. The van der Waals surface area contributed by atoms with Crippen molar-refractivity contribution >= 4 is 23.3 Å². The Kier molecular flexibility index (Phi) is 2.98. The lowest BCUT2D eigenvalue weighted by Gasteiger charge is -2.08. The van der Waals surface area contributed by atoms with Crippen molar-refractivity contribution in [2.75, 3.05) is 0 Å². The number of benzene rings is 1. The molecule has 4 nitrogen and oxygen atoms in total. The summed E-state index contributed by atoms with van der Waals surface area (Å²) in [6.07, 6.45) is 5.52. The van der Waals surface area contributed by atoms with Crippen LogP contribution in [-0.2, 0) is 6.54 Å². The molecular weight excluding hydrogens is 256 g/mol. The molecule has 0 aliphatic rings. The third kappa shape index (κ3) is 2.21. The highest BCUT2D eigenvalue weighted by Crippen LogP contribution is 2.19. The highest BCUT2D eigenvalue weighted by Gasteiger charge is 2.07. The molecule has 0 amide bonds. The number of fused-ring (bicyclic) bond motifs is 1. The van der Waals surface area contributed by atoms with Gasteiger partial charge < -0.3 is 14.1 Å². The number of nitrogens with zero attached hydrogens (tertiary/aromatic N) is 3. The minimum Gasteiger partial charge on any atom is -0.331 e. The van der Waals surface area contributed by atoms with E-state index < -0.39 is 0 Å². The van der Waals surface area contributed by atoms with Crippen LogP contribution in [0.2, 0.25) is 0 Å². The Labute approximate surface area is 116 Å². The normalized spacial score (nSPS) is 11.5. The van der Waals surface area contributed by atoms with Crippen LogP contribution < -0.4 is 0 Å². The summed E-state index contributed by atoms with van der Waals surface area (Å²) in [6, 6.07) is 6.28. The largest absolute Gasteiger partial charge is 0.331 e. The molecule has 0 spiro atoms. The van der Waals surface area contributed by atoms with Crippen LogP contribution in [0.5, 0.6) is 0 Å². The lowest BCUT2D eigenvalue weighted by atomic mass is 10.2. The molecule has 0 fully saturated rings. The Hall–Kier alpha value is -1.88. The number of hydrogen-bond donors (Lipinski definition) is 1. The molecule has 3 rings (SSSR count). The topological polar surface area (TPSA) is 38.5 Å². The van der Waals surface area contributed by atoms with E-state index in [0.29, 0.717) is 5.92 Å². The van der Waals surface area contributed by atoms with Crippen LogP contribution in [0.4, 0.5) is 0 Å². The predicted octanol–water partition coefficient (Wildman–Crippen LogP) is 3.54. The highest BCUT2D eigenvalue weighted by atomic mass is 32.1. The smallest absolute Gasteiger partial charge is 0.178 e. The first kappa shape index (κ1) is 12.2. The average Bonchev–Trinajstić information content (AvgIpc) is 2.98. The molecule has 1 N–H and O–H groups in total. The molecule has 0 atom stereocenters. The quantitative estimate of drug-likeness (QED) is 0.741. The first-order valence-electron chi connectivity index (χ1n) is 6.36. The fraction of sp³-hybridized carbons (Fsp3) is 0.286. The van der Waals surface area contributed by atoms with Gasteiger partial charge in [0.25, 0.3) is 0 Å². The van der Waals surface area contributed by atoms with Gasteiger partial charge in [0.15, 0.2) is 4.77 Å². The summed E-state index contributed by atoms with van der Waals surface area (Å²) in [5.74, 6) is 0.558. The summed E-state index contributed by atoms with van der Waals surface area (Å²) < 4.78 is 4.94.